The van der Waals surface area contributed by atoms with Gasteiger partial charge in [-0.2, -0.15) is 0 Å². The maximum atomic E-state index is 5.71. The molecule has 1 nitrogen and oxygen atoms in total. The summed E-state index contributed by atoms with van der Waals surface area (Å²) in [7, 11) is 0. The summed E-state index contributed by atoms with van der Waals surface area (Å²) in [6.45, 7) is 5.01. The smallest absolute Gasteiger partial charge is 0.147 e. The van der Waals surface area contributed by atoms with E-state index in [1.807, 2.05) is 13.0 Å². The summed E-state index contributed by atoms with van der Waals surface area (Å²) in [4.78, 5) is 0. The SMILES string of the molecule is CCOc1ccccc1C(C)C1=[C]([Ti])CC=C1.Cl.Cl. The van der Waals surface area contributed by atoms with Crippen molar-refractivity contribution in [3.8, 4) is 5.75 Å². The molecule has 0 aromatic heterocycles. The minimum absolute atomic E-state index is 0. The Labute approximate surface area is 139 Å². The molecule has 2 rings (SSSR count). The van der Waals surface area contributed by atoms with Gasteiger partial charge >= 0.3 is 115 Å². The molecule has 19 heavy (non-hydrogen) atoms. The van der Waals surface area contributed by atoms with Crippen molar-refractivity contribution in [2.75, 3.05) is 6.61 Å². The second-order valence-electron chi connectivity index (χ2n) is 4.23. The fourth-order valence-electron chi connectivity index (χ4n) is 2.22. The summed E-state index contributed by atoms with van der Waals surface area (Å²) in [6.07, 6.45) is 5.59. The molecule has 0 fully saturated rings. The molecule has 1 aliphatic carbocycles. The second kappa shape index (κ2) is 8.86. The van der Waals surface area contributed by atoms with Gasteiger partial charge in [0.05, 0.1) is 0 Å². The van der Waals surface area contributed by atoms with Crippen molar-refractivity contribution in [1.29, 1.82) is 0 Å². The minimum Gasteiger partial charge on any atom is -0.147 e. The van der Waals surface area contributed by atoms with E-state index in [2.05, 4.69) is 57.7 Å². The van der Waals surface area contributed by atoms with Crippen LogP contribution in [0.2, 0.25) is 0 Å². The maximum Gasteiger partial charge on any atom is -0.147 e. The molecule has 0 spiro atoms. The zero-order valence-electron chi connectivity index (χ0n) is 11.2. The number of para-hydroxylation sites is 1. The van der Waals surface area contributed by atoms with E-state index < -0.39 is 0 Å². The van der Waals surface area contributed by atoms with Crippen LogP contribution in [0.15, 0.2) is 45.9 Å². The molecule has 103 valence electrons. The van der Waals surface area contributed by atoms with Crippen molar-refractivity contribution < 1.29 is 25.2 Å². The van der Waals surface area contributed by atoms with Crippen molar-refractivity contribution >= 4 is 24.8 Å². The first-order chi connectivity index (χ1) is 8.24. The van der Waals surface area contributed by atoms with Crippen LogP contribution in [0.5, 0.6) is 5.75 Å². The number of allylic oxidation sites excluding steroid dienone is 4. The molecule has 4 heteroatoms. The molecule has 1 unspecified atom stereocenters. The van der Waals surface area contributed by atoms with E-state index in [1.54, 1.807) is 0 Å². The first-order valence-electron chi connectivity index (χ1n) is 6.07. The van der Waals surface area contributed by atoms with E-state index in [0.717, 1.165) is 18.8 Å². The molecule has 0 aliphatic heterocycles. The van der Waals surface area contributed by atoms with Gasteiger partial charge in [-0.3, -0.25) is 0 Å². The third-order valence-electron chi connectivity index (χ3n) is 3.12. The Morgan fingerprint density at radius 1 is 1.26 bits per heavy atom. The van der Waals surface area contributed by atoms with Crippen LogP contribution in [-0.4, -0.2) is 6.61 Å². The van der Waals surface area contributed by atoms with Crippen molar-refractivity contribution in [1.82, 2.24) is 0 Å². The number of rotatable bonds is 4. The molecule has 0 bridgehead atoms. The Morgan fingerprint density at radius 3 is 2.53 bits per heavy atom. The molecule has 0 heterocycles. The van der Waals surface area contributed by atoms with Gasteiger partial charge in [0.15, 0.2) is 0 Å². The van der Waals surface area contributed by atoms with Crippen LogP contribution in [0.1, 0.15) is 31.7 Å². The van der Waals surface area contributed by atoms with Crippen LogP contribution >= 0.6 is 24.8 Å². The van der Waals surface area contributed by atoms with Crippen molar-refractivity contribution in [3.05, 3.63) is 51.4 Å². The van der Waals surface area contributed by atoms with Gasteiger partial charge in [0.2, 0.25) is 0 Å². The van der Waals surface area contributed by atoms with Crippen molar-refractivity contribution in [3.63, 3.8) is 0 Å². The summed E-state index contributed by atoms with van der Waals surface area (Å²) >= 11 is 2.22. The Bertz CT molecular complexity index is 469. The molecule has 1 aromatic rings. The number of halogens is 2. The van der Waals surface area contributed by atoms with Crippen LogP contribution < -0.4 is 4.74 Å². The van der Waals surface area contributed by atoms with E-state index in [9.17, 15) is 0 Å². The molecule has 1 atom stereocenters. The average molecular weight is 334 g/mol. The summed E-state index contributed by atoms with van der Waals surface area (Å²) in [5, 5.41) is 0. The van der Waals surface area contributed by atoms with E-state index in [0.29, 0.717) is 5.92 Å². The van der Waals surface area contributed by atoms with E-state index >= 15 is 0 Å². The number of hydrogen-bond acceptors (Lipinski definition) is 1. The molecule has 0 N–H and O–H groups in total. The van der Waals surface area contributed by atoms with Crippen molar-refractivity contribution in [2.24, 2.45) is 0 Å². The molecule has 1 aliphatic rings. The maximum absolute atomic E-state index is 5.71. The van der Waals surface area contributed by atoms with E-state index in [-0.39, 0.29) is 24.8 Å². The molecule has 0 radical (unpaired) electrons. The van der Waals surface area contributed by atoms with Crippen LogP contribution in [0, 0.1) is 0 Å². The quantitative estimate of drug-likeness (QED) is 0.719. The minimum atomic E-state index is 0. The Morgan fingerprint density at radius 2 is 1.95 bits per heavy atom. The third-order valence-corrected chi connectivity index (χ3v) is 3.89. The fourth-order valence-corrected chi connectivity index (χ4v) is 2.87. The molecule has 0 saturated heterocycles. The number of ether oxygens (including phenoxy) is 1. The molecular weight excluding hydrogens is 315 g/mol. The van der Waals surface area contributed by atoms with Gasteiger partial charge in [0, 0.05) is 0 Å². The monoisotopic (exact) mass is 333 g/mol. The Balaban J connectivity index is 0.00000162. The molecular formula is C15H19Cl2OTi. The van der Waals surface area contributed by atoms with Crippen LogP contribution in [0.3, 0.4) is 0 Å². The normalized spacial score (nSPS) is 14.6. The molecule has 0 amide bonds. The topological polar surface area (TPSA) is 9.23 Å². The zero-order valence-corrected chi connectivity index (χ0v) is 14.4. The largest absolute Gasteiger partial charge is 0.147 e. The van der Waals surface area contributed by atoms with Gasteiger partial charge in [0.1, 0.15) is 0 Å². The van der Waals surface area contributed by atoms with Crippen molar-refractivity contribution in [2.45, 2.75) is 26.2 Å². The van der Waals surface area contributed by atoms with Gasteiger partial charge in [-0.15, -0.1) is 24.8 Å². The zero-order chi connectivity index (χ0) is 12.3. The Hall–Kier alpha value is -0.206. The molecule has 1 aromatic carbocycles. The standard InChI is InChI=1S/C15H17O.2ClH.Ti/c1-3-16-15-11-7-6-10-14(15)12(2)13-8-4-5-9-13;;;/h4,6-8,10-12H,3,5H2,1-2H3;2*1H;. The van der Waals surface area contributed by atoms with Gasteiger partial charge in [-0.1, -0.05) is 0 Å². The van der Waals surface area contributed by atoms with Crippen LogP contribution in [0.4, 0.5) is 0 Å². The van der Waals surface area contributed by atoms with Gasteiger partial charge < -0.3 is 0 Å². The predicted molar refractivity (Wildman–Crippen MR) is 81.3 cm³/mol. The van der Waals surface area contributed by atoms with Crippen LogP contribution in [0.25, 0.3) is 0 Å². The Kier molecular flexibility index (Phi) is 8.77. The summed E-state index contributed by atoms with van der Waals surface area (Å²) in [5.41, 5.74) is 2.73. The predicted octanol–water partition coefficient (Wildman–Crippen LogP) is 4.79. The van der Waals surface area contributed by atoms with E-state index in [1.165, 1.54) is 15.0 Å². The van der Waals surface area contributed by atoms with E-state index in [4.69, 9.17) is 4.74 Å². The number of hydrogen-bond donors (Lipinski definition) is 0. The first-order valence-corrected chi connectivity index (χ1v) is 6.85. The third kappa shape index (κ3) is 4.39. The second-order valence-corrected chi connectivity index (χ2v) is 5.18. The first kappa shape index (κ1) is 18.8. The summed E-state index contributed by atoms with van der Waals surface area (Å²) < 4.78 is 7.18. The van der Waals surface area contributed by atoms with Gasteiger partial charge in [0.25, 0.3) is 0 Å². The number of benzene rings is 1. The van der Waals surface area contributed by atoms with Gasteiger partial charge in [-0.25, -0.2) is 0 Å². The average Bonchev–Trinajstić information content (AvgIpc) is 2.76. The summed E-state index contributed by atoms with van der Waals surface area (Å²) in [5.74, 6) is 1.43. The molecule has 0 saturated carbocycles. The van der Waals surface area contributed by atoms with Crippen LogP contribution in [-0.2, 0) is 20.4 Å². The van der Waals surface area contributed by atoms with Gasteiger partial charge in [-0.05, 0) is 0 Å². The fraction of sp³-hybridized carbons (Fsp3) is 0.333. The summed E-state index contributed by atoms with van der Waals surface area (Å²) in [6, 6.07) is 8.35.